The van der Waals surface area contributed by atoms with E-state index in [2.05, 4.69) is 10.6 Å². The molecular weight excluding hydrogens is 259 g/mol. The maximum absolute atomic E-state index is 13.4. The first-order chi connectivity index (χ1) is 8.65. The first kappa shape index (κ1) is 13.1. The molecule has 0 radical (unpaired) electrons. The van der Waals surface area contributed by atoms with Crippen molar-refractivity contribution < 1.29 is 13.9 Å². The van der Waals surface area contributed by atoms with Gasteiger partial charge in [0.2, 0.25) is 0 Å². The minimum atomic E-state index is -0.560. The van der Waals surface area contributed by atoms with E-state index in [0.29, 0.717) is 6.54 Å². The van der Waals surface area contributed by atoms with Crippen LogP contribution in [-0.4, -0.2) is 25.3 Å². The van der Waals surface area contributed by atoms with Crippen molar-refractivity contribution in [3.63, 3.8) is 0 Å². The summed E-state index contributed by atoms with van der Waals surface area (Å²) < 4.78 is 18.8. The fraction of sp³-hybridized carbons (Fsp3) is 0.417. The van der Waals surface area contributed by atoms with Gasteiger partial charge in [-0.3, -0.25) is 0 Å². The van der Waals surface area contributed by atoms with Crippen LogP contribution in [0, 0.1) is 5.82 Å². The molecule has 1 aliphatic heterocycles. The van der Waals surface area contributed by atoms with E-state index in [0.717, 1.165) is 25.5 Å². The van der Waals surface area contributed by atoms with Gasteiger partial charge in [-0.2, -0.15) is 0 Å². The van der Waals surface area contributed by atoms with Crippen LogP contribution >= 0.6 is 11.6 Å². The average Bonchev–Trinajstić information content (AvgIpc) is 2.83. The maximum Gasteiger partial charge on any atom is 0.319 e. The minimum Gasteiger partial charge on any atom is -0.376 e. The van der Waals surface area contributed by atoms with Gasteiger partial charge in [-0.05, 0) is 31.0 Å². The number of hydrogen-bond donors (Lipinski definition) is 2. The predicted molar refractivity (Wildman–Crippen MR) is 67.4 cm³/mol. The molecule has 1 heterocycles. The number of nitrogens with one attached hydrogen (secondary N) is 2. The third kappa shape index (κ3) is 3.58. The van der Waals surface area contributed by atoms with Crippen LogP contribution in [0.15, 0.2) is 18.2 Å². The van der Waals surface area contributed by atoms with Gasteiger partial charge in [-0.25, -0.2) is 9.18 Å². The van der Waals surface area contributed by atoms with Gasteiger partial charge < -0.3 is 15.4 Å². The van der Waals surface area contributed by atoms with E-state index in [1.165, 1.54) is 12.1 Å². The fourth-order valence-corrected chi connectivity index (χ4v) is 1.93. The maximum atomic E-state index is 13.4. The second kappa shape index (κ2) is 6.02. The number of amides is 2. The summed E-state index contributed by atoms with van der Waals surface area (Å²) in [5, 5.41) is 5.35. The van der Waals surface area contributed by atoms with Gasteiger partial charge in [0.25, 0.3) is 0 Å². The van der Waals surface area contributed by atoms with Gasteiger partial charge in [0.1, 0.15) is 5.82 Å². The summed E-state index contributed by atoms with van der Waals surface area (Å²) in [5.41, 5.74) is 0.101. The van der Waals surface area contributed by atoms with Crippen LogP contribution < -0.4 is 10.6 Å². The number of ether oxygens (including phenoxy) is 1. The summed E-state index contributed by atoms with van der Waals surface area (Å²) in [7, 11) is 0. The van der Waals surface area contributed by atoms with Crippen molar-refractivity contribution in [1.29, 1.82) is 0 Å². The Hall–Kier alpha value is -1.33. The van der Waals surface area contributed by atoms with Crippen LogP contribution in [-0.2, 0) is 4.74 Å². The highest BCUT2D eigenvalue weighted by molar-refractivity contribution is 6.30. The number of rotatable bonds is 3. The third-order valence-electron chi connectivity index (χ3n) is 2.69. The first-order valence-electron chi connectivity index (χ1n) is 5.76. The summed E-state index contributed by atoms with van der Waals surface area (Å²) in [6.07, 6.45) is 2.01. The summed E-state index contributed by atoms with van der Waals surface area (Å²) >= 11 is 5.62. The number of halogens is 2. The predicted octanol–water partition coefficient (Wildman–Crippen LogP) is 2.78. The van der Waals surface area contributed by atoms with Crippen molar-refractivity contribution in [2.45, 2.75) is 18.9 Å². The van der Waals surface area contributed by atoms with Gasteiger partial charge in [-0.15, -0.1) is 0 Å². The molecule has 0 spiro atoms. The van der Waals surface area contributed by atoms with E-state index in [-0.39, 0.29) is 16.8 Å². The molecule has 1 atom stereocenters. The summed E-state index contributed by atoms with van der Waals surface area (Å²) in [5.74, 6) is -0.560. The number of urea groups is 1. The van der Waals surface area contributed by atoms with Crippen molar-refractivity contribution in [1.82, 2.24) is 5.32 Å². The molecule has 2 N–H and O–H groups in total. The SMILES string of the molecule is O=C(NC[C@@H]1CCCO1)Nc1ccc(Cl)cc1F. The van der Waals surface area contributed by atoms with Crippen molar-refractivity contribution in [2.75, 3.05) is 18.5 Å². The molecule has 1 saturated heterocycles. The van der Waals surface area contributed by atoms with E-state index in [1.54, 1.807) is 0 Å². The average molecular weight is 273 g/mol. The Morgan fingerprint density at radius 2 is 2.39 bits per heavy atom. The van der Waals surface area contributed by atoms with Crippen LogP contribution in [0.5, 0.6) is 0 Å². The second-order valence-electron chi connectivity index (χ2n) is 4.09. The lowest BCUT2D eigenvalue weighted by Gasteiger charge is -2.12. The lowest BCUT2D eigenvalue weighted by molar-refractivity contribution is 0.112. The summed E-state index contributed by atoms with van der Waals surface area (Å²) in [6.45, 7) is 1.17. The third-order valence-corrected chi connectivity index (χ3v) is 2.93. The van der Waals surface area contributed by atoms with Gasteiger partial charge >= 0.3 is 6.03 Å². The van der Waals surface area contributed by atoms with Crippen LogP contribution in [0.1, 0.15) is 12.8 Å². The van der Waals surface area contributed by atoms with E-state index < -0.39 is 11.8 Å². The lowest BCUT2D eigenvalue weighted by atomic mass is 10.2. The van der Waals surface area contributed by atoms with Crippen LogP contribution in [0.2, 0.25) is 5.02 Å². The summed E-state index contributed by atoms with van der Waals surface area (Å²) in [6, 6.07) is 3.63. The van der Waals surface area contributed by atoms with E-state index in [9.17, 15) is 9.18 Å². The van der Waals surface area contributed by atoms with Crippen LogP contribution in [0.4, 0.5) is 14.9 Å². The van der Waals surface area contributed by atoms with Crippen molar-refractivity contribution in [2.24, 2.45) is 0 Å². The zero-order valence-corrected chi connectivity index (χ0v) is 10.5. The Bertz CT molecular complexity index is 436. The van der Waals surface area contributed by atoms with Gasteiger partial charge in [0.15, 0.2) is 0 Å². The molecule has 2 rings (SSSR count). The number of hydrogen-bond acceptors (Lipinski definition) is 2. The Balaban J connectivity index is 1.82. The lowest BCUT2D eigenvalue weighted by Crippen LogP contribution is -2.35. The Morgan fingerprint density at radius 1 is 1.56 bits per heavy atom. The quantitative estimate of drug-likeness (QED) is 0.889. The topological polar surface area (TPSA) is 50.4 Å². The molecule has 0 unspecified atom stereocenters. The molecule has 1 aromatic rings. The monoisotopic (exact) mass is 272 g/mol. The highest BCUT2D eigenvalue weighted by Crippen LogP contribution is 2.18. The Morgan fingerprint density at radius 3 is 3.06 bits per heavy atom. The Kier molecular flexibility index (Phi) is 4.38. The Labute approximate surface area is 109 Å². The van der Waals surface area contributed by atoms with Crippen LogP contribution in [0.25, 0.3) is 0 Å². The zero-order valence-electron chi connectivity index (χ0n) is 9.71. The zero-order chi connectivity index (χ0) is 13.0. The standard InChI is InChI=1S/C12H14ClFN2O2/c13-8-3-4-11(10(14)6-8)16-12(17)15-7-9-2-1-5-18-9/h3-4,6,9H,1-2,5,7H2,(H2,15,16,17)/t9-/m0/s1. The molecule has 18 heavy (non-hydrogen) atoms. The minimum absolute atomic E-state index is 0.0609. The van der Waals surface area contributed by atoms with E-state index >= 15 is 0 Å². The highest BCUT2D eigenvalue weighted by Gasteiger charge is 2.16. The van der Waals surface area contributed by atoms with E-state index in [1.807, 2.05) is 0 Å². The number of carbonyl (C=O) groups excluding carboxylic acids is 1. The molecule has 1 fully saturated rings. The number of anilines is 1. The molecule has 0 bridgehead atoms. The number of benzene rings is 1. The number of carbonyl (C=O) groups is 1. The van der Waals surface area contributed by atoms with Crippen molar-refractivity contribution >= 4 is 23.3 Å². The fourth-order valence-electron chi connectivity index (χ4n) is 1.77. The van der Waals surface area contributed by atoms with Gasteiger partial charge in [0.05, 0.1) is 11.8 Å². The van der Waals surface area contributed by atoms with E-state index in [4.69, 9.17) is 16.3 Å². The molecule has 2 amide bonds. The molecule has 1 aromatic carbocycles. The molecule has 0 aliphatic carbocycles. The summed E-state index contributed by atoms with van der Waals surface area (Å²) in [4.78, 5) is 11.5. The van der Waals surface area contributed by atoms with Gasteiger partial charge in [0, 0.05) is 18.2 Å². The molecule has 6 heteroatoms. The van der Waals surface area contributed by atoms with Crippen molar-refractivity contribution in [3.8, 4) is 0 Å². The van der Waals surface area contributed by atoms with Gasteiger partial charge in [-0.1, -0.05) is 11.6 Å². The molecule has 4 nitrogen and oxygen atoms in total. The highest BCUT2D eigenvalue weighted by atomic mass is 35.5. The van der Waals surface area contributed by atoms with Crippen LogP contribution in [0.3, 0.4) is 0 Å². The molecule has 0 aromatic heterocycles. The normalized spacial score (nSPS) is 18.7. The molecule has 98 valence electrons. The molecular formula is C12H14ClFN2O2. The second-order valence-corrected chi connectivity index (χ2v) is 4.53. The molecule has 0 saturated carbocycles. The molecule has 1 aliphatic rings. The smallest absolute Gasteiger partial charge is 0.319 e. The largest absolute Gasteiger partial charge is 0.376 e. The first-order valence-corrected chi connectivity index (χ1v) is 6.14. The van der Waals surface area contributed by atoms with Crippen molar-refractivity contribution in [3.05, 3.63) is 29.0 Å².